The highest BCUT2D eigenvalue weighted by atomic mass is 16.7. The van der Waals surface area contributed by atoms with Crippen LogP contribution in [0.3, 0.4) is 0 Å². The number of aliphatic carboxylic acids is 1. The van der Waals surface area contributed by atoms with E-state index in [2.05, 4.69) is 17.6 Å². The molecule has 1 aromatic rings. The summed E-state index contributed by atoms with van der Waals surface area (Å²) in [6, 6.07) is 9.54. The SMILES string of the molecule is CCCCCCN(Cc1ccccc1)C(=O)NC1(C(CNC(=O)C2OC(C)(C)OCC2(C)C)C(=O)[O-])CCCCC1. The number of unbranched alkanes of at least 4 members (excludes halogenated alkanes) is 3. The summed E-state index contributed by atoms with van der Waals surface area (Å²) in [5, 5.41) is 18.6. The number of urea groups is 1. The van der Waals surface area contributed by atoms with Gasteiger partial charge in [-0.2, -0.15) is 0 Å². The molecule has 2 N–H and O–H groups in total. The van der Waals surface area contributed by atoms with Crippen molar-refractivity contribution in [3.63, 3.8) is 0 Å². The van der Waals surface area contributed by atoms with Crippen molar-refractivity contribution >= 4 is 17.9 Å². The summed E-state index contributed by atoms with van der Waals surface area (Å²) < 4.78 is 11.7. The Morgan fingerprint density at radius 3 is 2.34 bits per heavy atom. The first-order valence-electron chi connectivity index (χ1n) is 15.3. The van der Waals surface area contributed by atoms with Crippen molar-refractivity contribution in [1.82, 2.24) is 15.5 Å². The summed E-state index contributed by atoms with van der Waals surface area (Å²) >= 11 is 0. The van der Waals surface area contributed by atoms with E-state index in [0.29, 0.717) is 32.5 Å². The van der Waals surface area contributed by atoms with Gasteiger partial charge in [0.25, 0.3) is 0 Å². The quantitative estimate of drug-likeness (QED) is 0.343. The van der Waals surface area contributed by atoms with E-state index in [1.165, 1.54) is 0 Å². The van der Waals surface area contributed by atoms with Crippen molar-refractivity contribution in [2.24, 2.45) is 11.3 Å². The van der Waals surface area contributed by atoms with Crippen molar-refractivity contribution in [3.05, 3.63) is 35.9 Å². The predicted octanol–water partition coefficient (Wildman–Crippen LogP) is 4.14. The third-order valence-electron chi connectivity index (χ3n) is 8.46. The molecule has 9 nitrogen and oxygen atoms in total. The lowest BCUT2D eigenvalue weighted by molar-refractivity contribution is -0.314. The zero-order valence-corrected chi connectivity index (χ0v) is 25.6. The van der Waals surface area contributed by atoms with Crippen LogP contribution in [0.4, 0.5) is 4.79 Å². The molecule has 0 spiro atoms. The van der Waals surface area contributed by atoms with Gasteiger partial charge in [0, 0.05) is 36.9 Å². The number of ether oxygens (including phenoxy) is 2. The molecule has 2 fully saturated rings. The summed E-state index contributed by atoms with van der Waals surface area (Å²) in [5.74, 6) is -3.69. The first-order valence-corrected chi connectivity index (χ1v) is 15.3. The number of carboxylic acids is 1. The zero-order valence-electron chi connectivity index (χ0n) is 25.6. The Labute approximate surface area is 245 Å². The lowest BCUT2D eigenvalue weighted by atomic mass is 9.72. The molecule has 1 heterocycles. The first kappa shape index (κ1) is 32.9. The largest absolute Gasteiger partial charge is 0.550 e. The van der Waals surface area contributed by atoms with Gasteiger partial charge < -0.3 is 34.9 Å². The molecule has 0 aromatic heterocycles. The molecule has 1 aliphatic heterocycles. The van der Waals surface area contributed by atoms with Gasteiger partial charge in [-0.15, -0.1) is 0 Å². The van der Waals surface area contributed by atoms with Crippen LogP contribution in [-0.4, -0.2) is 59.9 Å². The molecule has 1 aliphatic carbocycles. The minimum atomic E-state index is -1.28. The van der Waals surface area contributed by atoms with E-state index in [-0.39, 0.29) is 12.6 Å². The van der Waals surface area contributed by atoms with E-state index in [1.54, 1.807) is 18.7 Å². The van der Waals surface area contributed by atoms with Crippen LogP contribution >= 0.6 is 0 Å². The van der Waals surface area contributed by atoms with Gasteiger partial charge >= 0.3 is 6.03 Å². The maximum atomic E-state index is 13.8. The summed E-state index contributed by atoms with van der Waals surface area (Å²) in [6.07, 6.45) is 6.84. The van der Waals surface area contributed by atoms with E-state index in [1.807, 2.05) is 44.2 Å². The van der Waals surface area contributed by atoms with Crippen molar-refractivity contribution in [1.29, 1.82) is 0 Å². The molecule has 0 radical (unpaired) electrons. The fourth-order valence-corrected chi connectivity index (χ4v) is 5.94. The molecule has 1 aromatic carbocycles. The van der Waals surface area contributed by atoms with Crippen LogP contribution in [0.5, 0.6) is 0 Å². The molecule has 2 atom stereocenters. The average Bonchev–Trinajstić information content (AvgIpc) is 2.92. The van der Waals surface area contributed by atoms with Gasteiger partial charge in [0.1, 0.15) is 6.10 Å². The van der Waals surface area contributed by atoms with Crippen LogP contribution in [0.25, 0.3) is 0 Å². The van der Waals surface area contributed by atoms with E-state index >= 15 is 0 Å². The van der Waals surface area contributed by atoms with Gasteiger partial charge in [-0.1, -0.05) is 89.6 Å². The van der Waals surface area contributed by atoms with Crippen LogP contribution in [0.2, 0.25) is 0 Å². The zero-order chi connectivity index (χ0) is 30.1. The highest BCUT2D eigenvalue weighted by Crippen LogP contribution is 2.37. The number of benzene rings is 1. The van der Waals surface area contributed by atoms with Crippen LogP contribution in [0.1, 0.15) is 98.0 Å². The number of carbonyl (C=O) groups is 3. The summed E-state index contributed by atoms with van der Waals surface area (Å²) in [4.78, 5) is 41.6. The molecule has 1 saturated heterocycles. The maximum absolute atomic E-state index is 13.8. The number of carbonyl (C=O) groups excluding carboxylic acids is 3. The second kappa shape index (κ2) is 14.5. The number of hydrogen-bond donors (Lipinski definition) is 2. The van der Waals surface area contributed by atoms with E-state index in [4.69, 9.17) is 9.47 Å². The van der Waals surface area contributed by atoms with Crippen molar-refractivity contribution in [3.8, 4) is 0 Å². The van der Waals surface area contributed by atoms with Crippen LogP contribution in [-0.2, 0) is 25.6 Å². The molecule has 41 heavy (non-hydrogen) atoms. The summed E-state index contributed by atoms with van der Waals surface area (Å²) in [7, 11) is 0. The topological polar surface area (TPSA) is 120 Å². The first-order chi connectivity index (χ1) is 19.4. The van der Waals surface area contributed by atoms with E-state index < -0.39 is 40.6 Å². The molecule has 9 heteroatoms. The Hall–Kier alpha value is -2.65. The van der Waals surface area contributed by atoms with Gasteiger partial charge in [0.15, 0.2) is 5.79 Å². The Morgan fingerprint density at radius 1 is 1.02 bits per heavy atom. The molecule has 3 amide bonds. The number of hydrogen-bond acceptors (Lipinski definition) is 6. The Bertz CT molecular complexity index is 1010. The minimum Gasteiger partial charge on any atom is -0.550 e. The average molecular weight is 573 g/mol. The molecular formula is C32H50N3O6-. The molecule has 3 rings (SSSR count). The van der Waals surface area contributed by atoms with Gasteiger partial charge in [-0.25, -0.2) is 4.79 Å². The number of amides is 3. The molecule has 0 bridgehead atoms. The van der Waals surface area contributed by atoms with Gasteiger partial charge in [-0.05, 0) is 38.7 Å². The third kappa shape index (κ3) is 9.17. The van der Waals surface area contributed by atoms with Crippen LogP contribution in [0.15, 0.2) is 30.3 Å². The fourth-order valence-electron chi connectivity index (χ4n) is 5.94. The smallest absolute Gasteiger partial charge is 0.318 e. The second-order valence-corrected chi connectivity index (χ2v) is 12.9. The summed E-state index contributed by atoms with van der Waals surface area (Å²) in [5.41, 5.74) is -0.602. The maximum Gasteiger partial charge on any atom is 0.318 e. The molecule has 2 aliphatic rings. The fraction of sp³-hybridized carbons (Fsp3) is 0.719. The van der Waals surface area contributed by atoms with E-state index in [9.17, 15) is 19.5 Å². The highest BCUT2D eigenvalue weighted by molar-refractivity contribution is 5.83. The van der Waals surface area contributed by atoms with Gasteiger partial charge in [0.05, 0.1) is 12.1 Å². The Balaban J connectivity index is 1.78. The monoisotopic (exact) mass is 572 g/mol. The van der Waals surface area contributed by atoms with Gasteiger partial charge in [-0.3, -0.25) is 4.79 Å². The third-order valence-corrected chi connectivity index (χ3v) is 8.46. The predicted molar refractivity (Wildman–Crippen MR) is 156 cm³/mol. The van der Waals surface area contributed by atoms with Crippen LogP contribution < -0.4 is 15.7 Å². The molecule has 230 valence electrons. The molecule has 1 saturated carbocycles. The van der Waals surface area contributed by atoms with Gasteiger partial charge in [0.2, 0.25) is 5.91 Å². The van der Waals surface area contributed by atoms with Crippen molar-refractivity contribution < 1.29 is 29.0 Å². The lowest BCUT2D eigenvalue weighted by Gasteiger charge is -2.47. The molecular weight excluding hydrogens is 522 g/mol. The standard InChI is InChI=1S/C32H51N3O6/c1-6-7-8-15-20-35(22-24-16-11-9-12-17-24)29(39)34-32(18-13-10-14-19-32)25(28(37)38)21-33-27(36)26-30(2,3)23-40-31(4,5)41-26/h9,11-12,16-17,25-26H,6-8,10,13-15,18-23H2,1-5H3,(H,33,36)(H,34,39)(H,37,38)/p-1. The second-order valence-electron chi connectivity index (χ2n) is 12.9. The van der Waals surface area contributed by atoms with E-state index in [0.717, 1.165) is 50.5 Å². The van der Waals surface area contributed by atoms with Crippen LogP contribution in [0, 0.1) is 11.3 Å². The minimum absolute atomic E-state index is 0.159. The number of nitrogens with one attached hydrogen (secondary N) is 2. The number of nitrogens with zero attached hydrogens (tertiary/aromatic N) is 1. The number of rotatable bonds is 13. The van der Waals surface area contributed by atoms with Crippen molar-refractivity contribution in [2.75, 3.05) is 19.7 Å². The Kier molecular flexibility index (Phi) is 11.6. The molecule has 2 unspecified atom stereocenters. The summed E-state index contributed by atoms with van der Waals surface area (Å²) in [6.45, 7) is 10.6. The number of carboxylic acid groups (broad SMARTS) is 1. The highest BCUT2D eigenvalue weighted by Gasteiger charge is 2.47. The lowest BCUT2D eigenvalue weighted by Crippen LogP contribution is -2.64. The Morgan fingerprint density at radius 2 is 1.71 bits per heavy atom. The van der Waals surface area contributed by atoms with Crippen molar-refractivity contribution in [2.45, 2.75) is 116 Å². The normalized spacial score (nSPS) is 21.8.